The normalized spacial score (nSPS) is 14.8. The summed E-state index contributed by atoms with van der Waals surface area (Å²) < 4.78 is 61.6. The summed E-state index contributed by atoms with van der Waals surface area (Å²) in [5.74, 6) is -0.450. The maximum atomic E-state index is 12.1. The van der Waals surface area contributed by atoms with E-state index in [1.807, 2.05) is 0 Å². The van der Waals surface area contributed by atoms with Crippen LogP contribution in [0.3, 0.4) is 0 Å². The Morgan fingerprint density at radius 2 is 2.06 bits per heavy atom. The van der Waals surface area contributed by atoms with Crippen molar-refractivity contribution in [1.82, 2.24) is 4.98 Å². The smallest absolute Gasteiger partial charge is 0.355 e. The fourth-order valence-electron chi connectivity index (χ4n) is 1.18. The Bertz CT molecular complexity index is 597. The zero-order valence-corrected chi connectivity index (χ0v) is 9.42. The van der Waals surface area contributed by atoms with Crippen molar-refractivity contribution < 1.29 is 25.8 Å². The molecule has 18 heavy (non-hydrogen) atoms. The van der Waals surface area contributed by atoms with Gasteiger partial charge in [-0.3, -0.25) is 4.99 Å². The first-order valence-corrected chi connectivity index (χ1v) is 5.96. The van der Waals surface area contributed by atoms with E-state index in [0.29, 0.717) is 12.1 Å². The molecular formula is C8H6F3N3O3S. The third-order valence-corrected chi connectivity index (χ3v) is 2.94. The van der Waals surface area contributed by atoms with E-state index in [-0.39, 0.29) is 5.82 Å². The number of hydrogen-bond acceptors (Lipinski definition) is 6. The highest BCUT2D eigenvalue weighted by atomic mass is 32.2. The number of nitrogens with zero attached hydrogens (tertiary/aromatic N) is 2. The summed E-state index contributed by atoms with van der Waals surface area (Å²) in [6, 6.07) is 2.41. The Hall–Kier alpha value is -1.84. The van der Waals surface area contributed by atoms with Gasteiger partial charge in [0.15, 0.2) is 0 Å². The van der Waals surface area contributed by atoms with E-state index in [9.17, 15) is 21.6 Å². The molecule has 0 saturated heterocycles. The molecule has 0 fully saturated rings. The minimum atomic E-state index is -5.70. The van der Waals surface area contributed by atoms with Gasteiger partial charge in [0, 0.05) is 11.6 Å². The SMILES string of the molecule is O=S(=O)(Oc1ccc2c(n1)NC=NC2)C(F)(F)F. The van der Waals surface area contributed by atoms with Crippen molar-refractivity contribution in [3.05, 3.63) is 17.7 Å². The molecule has 1 aliphatic rings. The Morgan fingerprint density at radius 3 is 2.72 bits per heavy atom. The van der Waals surface area contributed by atoms with E-state index in [1.54, 1.807) is 0 Å². The van der Waals surface area contributed by atoms with Crippen molar-refractivity contribution in [3.8, 4) is 5.88 Å². The highest BCUT2D eigenvalue weighted by Gasteiger charge is 2.48. The molecule has 0 spiro atoms. The molecular weight excluding hydrogens is 275 g/mol. The molecule has 0 bridgehead atoms. The van der Waals surface area contributed by atoms with Crippen molar-refractivity contribution in [2.75, 3.05) is 5.32 Å². The van der Waals surface area contributed by atoms with Gasteiger partial charge in [0.05, 0.1) is 12.9 Å². The number of aliphatic imine (C=N–C) groups is 1. The molecule has 1 aromatic rings. The maximum absolute atomic E-state index is 12.1. The van der Waals surface area contributed by atoms with Crippen LogP contribution in [0.4, 0.5) is 19.0 Å². The lowest BCUT2D eigenvalue weighted by molar-refractivity contribution is -0.0501. The fourth-order valence-corrected chi connectivity index (χ4v) is 1.59. The summed E-state index contributed by atoms with van der Waals surface area (Å²) in [7, 11) is -5.70. The van der Waals surface area contributed by atoms with Crippen LogP contribution in [0.5, 0.6) is 5.88 Å². The number of rotatable bonds is 2. The molecule has 0 aliphatic carbocycles. The molecule has 6 nitrogen and oxygen atoms in total. The first-order valence-electron chi connectivity index (χ1n) is 4.55. The highest BCUT2D eigenvalue weighted by Crippen LogP contribution is 2.27. The van der Waals surface area contributed by atoms with Crippen LogP contribution in [-0.2, 0) is 16.7 Å². The molecule has 2 heterocycles. The second-order valence-corrected chi connectivity index (χ2v) is 4.79. The number of alkyl halides is 3. The Balaban J connectivity index is 2.27. The number of nitrogens with one attached hydrogen (secondary N) is 1. The van der Waals surface area contributed by atoms with Crippen LogP contribution in [0, 0.1) is 0 Å². The van der Waals surface area contributed by atoms with Crippen LogP contribution < -0.4 is 9.50 Å². The monoisotopic (exact) mass is 281 g/mol. The lowest BCUT2D eigenvalue weighted by Crippen LogP contribution is -2.28. The average molecular weight is 281 g/mol. The molecule has 2 rings (SSSR count). The standard InChI is InChI=1S/C8H6F3N3O3S/c9-8(10,11)18(15,16)17-6-2-1-5-3-12-4-13-7(5)14-6/h1-2,4H,3H2,(H,12,13,14). The molecule has 0 atom stereocenters. The van der Waals surface area contributed by atoms with E-state index >= 15 is 0 Å². The van der Waals surface area contributed by atoms with Crippen molar-refractivity contribution in [2.24, 2.45) is 4.99 Å². The minimum Gasteiger partial charge on any atom is -0.355 e. The third-order valence-electron chi connectivity index (χ3n) is 1.99. The van der Waals surface area contributed by atoms with Crippen LogP contribution in [0.2, 0.25) is 0 Å². The molecule has 1 aliphatic heterocycles. The lowest BCUT2D eigenvalue weighted by atomic mass is 10.2. The molecule has 0 amide bonds. The predicted octanol–water partition coefficient (Wildman–Crippen LogP) is 1.26. The Labute approximate surface area is 99.6 Å². The van der Waals surface area contributed by atoms with Gasteiger partial charge in [0.25, 0.3) is 0 Å². The van der Waals surface area contributed by atoms with Crippen molar-refractivity contribution in [3.63, 3.8) is 0 Å². The van der Waals surface area contributed by atoms with E-state index in [2.05, 4.69) is 19.5 Å². The summed E-state index contributed by atoms with van der Waals surface area (Å²) in [5.41, 5.74) is -4.87. The third kappa shape index (κ3) is 2.37. The van der Waals surface area contributed by atoms with E-state index in [1.165, 1.54) is 12.4 Å². The molecule has 0 saturated carbocycles. The lowest BCUT2D eigenvalue weighted by Gasteiger charge is -2.13. The van der Waals surface area contributed by atoms with Gasteiger partial charge in [-0.1, -0.05) is 0 Å². The van der Waals surface area contributed by atoms with Crippen molar-refractivity contribution >= 4 is 22.3 Å². The Morgan fingerprint density at radius 1 is 1.33 bits per heavy atom. The van der Waals surface area contributed by atoms with Gasteiger partial charge in [-0.2, -0.15) is 26.6 Å². The maximum Gasteiger partial charge on any atom is 0.534 e. The number of pyridine rings is 1. The van der Waals surface area contributed by atoms with Crippen molar-refractivity contribution in [2.45, 2.75) is 12.1 Å². The number of fused-ring (bicyclic) bond motifs is 1. The molecule has 98 valence electrons. The molecule has 1 aromatic heterocycles. The highest BCUT2D eigenvalue weighted by molar-refractivity contribution is 7.87. The molecule has 1 N–H and O–H groups in total. The van der Waals surface area contributed by atoms with E-state index in [4.69, 9.17) is 0 Å². The van der Waals surface area contributed by atoms with E-state index < -0.39 is 21.5 Å². The summed E-state index contributed by atoms with van der Waals surface area (Å²) in [6.07, 6.45) is 1.30. The van der Waals surface area contributed by atoms with Crippen LogP contribution in [0.15, 0.2) is 17.1 Å². The number of anilines is 1. The average Bonchev–Trinajstić information content (AvgIpc) is 2.27. The number of halogens is 3. The van der Waals surface area contributed by atoms with Crippen LogP contribution in [0.1, 0.15) is 5.56 Å². The van der Waals surface area contributed by atoms with Crippen LogP contribution in [0.25, 0.3) is 0 Å². The zero-order valence-electron chi connectivity index (χ0n) is 8.60. The van der Waals surface area contributed by atoms with Crippen LogP contribution >= 0.6 is 0 Å². The predicted molar refractivity (Wildman–Crippen MR) is 55.7 cm³/mol. The number of hydrogen-bond donors (Lipinski definition) is 1. The van der Waals surface area contributed by atoms with Gasteiger partial charge in [0.2, 0.25) is 5.88 Å². The topological polar surface area (TPSA) is 80.7 Å². The Kier molecular flexibility index (Phi) is 2.89. The first-order chi connectivity index (χ1) is 8.29. The number of aromatic nitrogens is 1. The van der Waals surface area contributed by atoms with Gasteiger partial charge < -0.3 is 9.50 Å². The van der Waals surface area contributed by atoms with Gasteiger partial charge >= 0.3 is 15.6 Å². The molecule has 0 aromatic carbocycles. The van der Waals surface area contributed by atoms with Gasteiger partial charge in [0.1, 0.15) is 5.82 Å². The van der Waals surface area contributed by atoms with Crippen molar-refractivity contribution in [1.29, 1.82) is 0 Å². The van der Waals surface area contributed by atoms with Gasteiger partial charge in [-0.05, 0) is 6.07 Å². The molecule has 10 heteroatoms. The quantitative estimate of drug-likeness (QED) is 0.652. The fraction of sp³-hybridized carbons (Fsp3) is 0.250. The van der Waals surface area contributed by atoms with Crippen LogP contribution in [-0.4, -0.2) is 25.2 Å². The second kappa shape index (κ2) is 4.12. The molecule has 0 unspecified atom stereocenters. The summed E-state index contributed by atoms with van der Waals surface area (Å²) in [4.78, 5) is 7.45. The second-order valence-electron chi connectivity index (χ2n) is 3.25. The zero-order chi connectivity index (χ0) is 13.4. The minimum absolute atomic E-state index is 0.208. The summed E-state index contributed by atoms with van der Waals surface area (Å²) >= 11 is 0. The summed E-state index contributed by atoms with van der Waals surface area (Å²) in [5, 5.41) is 2.57. The largest absolute Gasteiger partial charge is 0.534 e. The van der Waals surface area contributed by atoms with Gasteiger partial charge in [-0.15, -0.1) is 0 Å². The van der Waals surface area contributed by atoms with E-state index in [0.717, 1.165) is 6.07 Å². The summed E-state index contributed by atoms with van der Waals surface area (Å²) in [6.45, 7) is 0.307. The molecule has 0 radical (unpaired) electrons. The first kappa shape index (κ1) is 12.6. The van der Waals surface area contributed by atoms with Gasteiger partial charge in [-0.25, -0.2) is 0 Å².